The minimum Gasteiger partial charge on any atom is -0.504 e. The van der Waals surface area contributed by atoms with Gasteiger partial charge in [0, 0.05) is 18.5 Å². The van der Waals surface area contributed by atoms with Gasteiger partial charge < -0.3 is 14.7 Å². The van der Waals surface area contributed by atoms with Crippen molar-refractivity contribution in [2.75, 3.05) is 20.0 Å². The van der Waals surface area contributed by atoms with Gasteiger partial charge >= 0.3 is 0 Å². The molecule has 1 rings (SSSR count). The number of hydrogen-bond acceptors (Lipinski definition) is 3. The molecule has 0 aliphatic carbocycles. The van der Waals surface area contributed by atoms with Crippen LogP contribution >= 0.6 is 11.6 Å². The van der Waals surface area contributed by atoms with E-state index in [-0.39, 0.29) is 11.7 Å². The molecule has 1 aromatic rings. The third kappa shape index (κ3) is 2.88. The Morgan fingerprint density at radius 1 is 1.50 bits per heavy atom. The van der Waals surface area contributed by atoms with Gasteiger partial charge in [0.15, 0.2) is 11.5 Å². The van der Waals surface area contributed by atoms with E-state index in [1.54, 1.807) is 24.1 Å². The number of hydrogen-bond donors (Lipinski definition) is 1. The third-order valence-electron chi connectivity index (χ3n) is 2.97. The van der Waals surface area contributed by atoms with E-state index in [9.17, 15) is 9.90 Å². The predicted octanol–water partition coefficient (Wildman–Crippen LogP) is 2.49. The molecule has 0 aliphatic heterocycles. The average Bonchev–Trinajstić information content (AvgIpc) is 2.36. The molecule has 0 atom stereocenters. The molecule has 0 fully saturated rings. The molecule has 0 bridgehead atoms. The number of amides is 1. The zero-order chi connectivity index (χ0) is 13.9. The third-order valence-corrected chi connectivity index (χ3v) is 3.62. The van der Waals surface area contributed by atoms with Crippen LogP contribution in [0.5, 0.6) is 11.5 Å². The number of phenolic OH excluding ortho intramolecular Hbond substituents is 1. The maximum Gasteiger partial charge on any atom is 0.254 e. The number of carbonyl (C=O) groups excluding carboxylic acids is 1. The standard InChI is InChI=1S/C13H18ClNO3/c1-13(2,8-14)15(3)12(17)9-5-6-11(18-4)10(16)7-9/h5-7,16H,8H2,1-4H3. The molecule has 100 valence electrons. The normalized spacial score (nSPS) is 11.2. The minimum atomic E-state index is -0.450. The summed E-state index contributed by atoms with van der Waals surface area (Å²) >= 11 is 5.84. The molecule has 4 nitrogen and oxygen atoms in total. The van der Waals surface area contributed by atoms with Gasteiger partial charge in [0.05, 0.1) is 12.6 Å². The van der Waals surface area contributed by atoms with Crippen molar-refractivity contribution in [3.63, 3.8) is 0 Å². The van der Waals surface area contributed by atoms with Crippen LogP contribution in [-0.4, -0.2) is 41.5 Å². The van der Waals surface area contributed by atoms with Gasteiger partial charge in [-0.1, -0.05) is 0 Å². The monoisotopic (exact) mass is 271 g/mol. The van der Waals surface area contributed by atoms with Gasteiger partial charge in [0.25, 0.3) is 5.91 Å². The van der Waals surface area contributed by atoms with E-state index >= 15 is 0 Å². The molecule has 0 aliphatic rings. The molecule has 0 saturated heterocycles. The number of benzene rings is 1. The average molecular weight is 272 g/mol. The summed E-state index contributed by atoms with van der Waals surface area (Å²) in [5.41, 5.74) is -0.0530. The quantitative estimate of drug-likeness (QED) is 0.856. The van der Waals surface area contributed by atoms with Crippen LogP contribution in [0.15, 0.2) is 18.2 Å². The molecular weight excluding hydrogens is 254 g/mol. The van der Waals surface area contributed by atoms with Crippen molar-refractivity contribution in [1.82, 2.24) is 4.90 Å². The predicted molar refractivity (Wildman–Crippen MR) is 71.6 cm³/mol. The molecule has 0 radical (unpaired) electrons. The van der Waals surface area contributed by atoms with E-state index in [2.05, 4.69) is 0 Å². The van der Waals surface area contributed by atoms with Crippen molar-refractivity contribution in [1.29, 1.82) is 0 Å². The molecule has 0 aromatic heterocycles. The van der Waals surface area contributed by atoms with Crippen LogP contribution in [0.3, 0.4) is 0 Å². The van der Waals surface area contributed by atoms with Gasteiger partial charge in [0.1, 0.15) is 0 Å². The molecule has 1 N–H and O–H groups in total. The Kier molecular flexibility index (Phi) is 4.46. The number of phenols is 1. The lowest BCUT2D eigenvalue weighted by Crippen LogP contribution is -2.46. The second-order valence-corrected chi connectivity index (χ2v) is 4.96. The number of rotatable bonds is 4. The molecule has 0 heterocycles. The van der Waals surface area contributed by atoms with Crippen molar-refractivity contribution < 1.29 is 14.6 Å². The summed E-state index contributed by atoms with van der Waals surface area (Å²) in [6.45, 7) is 3.75. The smallest absolute Gasteiger partial charge is 0.254 e. The summed E-state index contributed by atoms with van der Waals surface area (Å²) in [5.74, 6) is 0.419. The summed E-state index contributed by atoms with van der Waals surface area (Å²) in [6.07, 6.45) is 0. The van der Waals surface area contributed by atoms with Crippen molar-refractivity contribution in [3.8, 4) is 11.5 Å². The zero-order valence-corrected chi connectivity index (χ0v) is 11.8. The Bertz CT molecular complexity index is 446. The molecule has 0 unspecified atom stereocenters. The van der Waals surface area contributed by atoms with Crippen LogP contribution in [0.4, 0.5) is 0 Å². The highest BCUT2D eigenvalue weighted by Gasteiger charge is 2.27. The van der Waals surface area contributed by atoms with E-state index < -0.39 is 5.54 Å². The number of nitrogens with zero attached hydrogens (tertiary/aromatic N) is 1. The Morgan fingerprint density at radius 3 is 2.56 bits per heavy atom. The molecule has 1 amide bonds. The lowest BCUT2D eigenvalue weighted by molar-refractivity contribution is 0.0659. The SMILES string of the molecule is COc1ccc(C(=O)N(C)C(C)(C)CCl)cc1O. The first-order valence-electron chi connectivity index (χ1n) is 5.54. The van der Waals surface area contributed by atoms with E-state index in [4.69, 9.17) is 16.3 Å². The highest BCUT2D eigenvalue weighted by Crippen LogP contribution is 2.27. The highest BCUT2D eigenvalue weighted by atomic mass is 35.5. The van der Waals surface area contributed by atoms with Crippen molar-refractivity contribution in [2.45, 2.75) is 19.4 Å². The number of ether oxygens (including phenoxy) is 1. The number of halogens is 1. The first-order chi connectivity index (χ1) is 8.33. The van der Waals surface area contributed by atoms with Crippen LogP contribution in [-0.2, 0) is 0 Å². The largest absolute Gasteiger partial charge is 0.504 e. The Labute approximate surface area is 112 Å². The first-order valence-corrected chi connectivity index (χ1v) is 6.08. The van der Waals surface area contributed by atoms with Gasteiger partial charge in [-0.3, -0.25) is 4.79 Å². The van der Waals surface area contributed by atoms with E-state index in [0.717, 1.165) is 0 Å². The van der Waals surface area contributed by atoms with Crippen LogP contribution in [0.2, 0.25) is 0 Å². The Balaban J connectivity index is 3.01. The second kappa shape index (κ2) is 5.48. The fraction of sp³-hybridized carbons (Fsp3) is 0.462. The molecule has 18 heavy (non-hydrogen) atoms. The zero-order valence-electron chi connectivity index (χ0n) is 11.0. The molecule has 0 saturated carbocycles. The summed E-state index contributed by atoms with van der Waals surface area (Å²) in [6, 6.07) is 4.56. The summed E-state index contributed by atoms with van der Waals surface area (Å²) in [7, 11) is 3.14. The topological polar surface area (TPSA) is 49.8 Å². The van der Waals surface area contributed by atoms with Gasteiger partial charge in [0.2, 0.25) is 0 Å². The van der Waals surface area contributed by atoms with Gasteiger partial charge in [-0.05, 0) is 32.0 Å². The van der Waals surface area contributed by atoms with Crippen LogP contribution in [0.1, 0.15) is 24.2 Å². The van der Waals surface area contributed by atoms with Crippen molar-refractivity contribution in [3.05, 3.63) is 23.8 Å². The van der Waals surface area contributed by atoms with Crippen LogP contribution in [0, 0.1) is 0 Å². The fourth-order valence-electron chi connectivity index (χ4n) is 1.38. The molecule has 5 heteroatoms. The summed E-state index contributed by atoms with van der Waals surface area (Å²) in [5, 5.41) is 9.66. The maximum absolute atomic E-state index is 12.2. The maximum atomic E-state index is 12.2. The Morgan fingerprint density at radius 2 is 2.11 bits per heavy atom. The van der Waals surface area contributed by atoms with Gasteiger partial charge in [-0.15, -0.1) is 11.6 Å². The number of aromatic hydroxyl groups is 1. The lowest BCUT2D eigenvalue weighted by Gasteiger charge is -2.34. The van der Waals surface area contributed by atoms with Crippen molar-refractivity contribution >= 4 is 17.5 Å². The molecule has 0 spiro atoms. The Hall–Kier alpha value is -1.42. The van der Waals surface area contributed by atoms with E-state index in [1.165, 1.54) is 13.2 Å². The van der Waals surface area contributed by atoms with E-state index in [0.29, 0.717) is 17.2 Å². The minimum absolute atomic E-state index is 0.0552. The fourth-order valence-corrected chi connectivity index (χ4v) is 1.56. The van der Waals surface area contributed by atoms with Crippen LogP contribution in [0.25, 0.3) is 0 Å². The lowest BCUT2D eigenvalue weighted by atomic mass is 10.0. The second-order valence-electron chi connectivity index (χ2n) is 4.70. The summed E-state index contributed by atoms with van der Waals surface area (Å²) < 4.78 is 4.93. The summed E-state index contributed by atoms with van der Waals surface area (Å²) in [4.78, 5) is 13.8. The van der Waals surface area contributed by atoms with Crippen LogP contribution < -0.4 is 4.74 Å². The van der Waals surface area contributed by atoms with Crippen molar-refractivity contribution in [2.24, 2.45) is 0 Å². The number of methoxy groups -OCH3 is 1. The first kappa shape index (κ1) is 14.6. The van der Waals surface area contributed by atoms with E-state index in [1.807, 2.05) is 13.8 Å². The highest BCUT2D eigenvalue weighted by molar-refractivity contribution is 6.18. The van der Waals surface area contributed by atoms with Gasteiger partial charge in [-0.2, -0.15) is 0 Å². The molecule has 1 aromatic carbocycles. The van der Waals surface area contributed by atoms with Gasteiger partial charge in [-0.25, -0.2) is 0 Å². The molecular formula is C13H18ClNO3. The number of alkyl halides is 1. The number of carbonyl (C=O) groups is 1.